The number of anilines is 2. The summed E-state index contributed by atoms with van der Waals surface area (Å²) in [6, 6.07) is 39.7. The van der Waals surface area contributed by atoms with Crippen molar-refractivity contribution < 1.29 is 47.0 Å². The van der Waals surface area contributed by atoms with E-state index < -0.39 is 44.0 Å². The van der Waals surface area contributed by atoms with Crippen molar-refractivity contribution in [1.29, 1.82) is 0 Å². The van der Waals surface area contributed by atoms with E-state index in [1.807, 2.05) is 48.5 Å². The van der Waals surface area contributed by atoms with Crippen molar-refractivity contribution in [3.63, 3.8) is 0 Å². The van der Waals surface area contributed by atoms with Crippen molar-refractivity contribution >= 4 is 80.1 Å². The molecule has 6 aromatic rings. The summed E-state index contributed by atoms with van der Waals surface area (Å²) >= 11 is 0. The van der Waals surface area contributed by atoms with Gasteiger partial charge in [-0.25, -0.2) is 0 Å². The van der Waals surface area contributed by atoms with Gasteiger partial charge in [-0.2, -0.15) is 0 Å². The third-order valence-corrected chi connectivity index (χ3v) is 24.8. The molecule has 3 atom stereocenters. The first-order valence-corrected chi connectivity index (χ1v) is 30.3. The zero-order valence-electron chi connectivity index (χ0n) is 37.5. The molecule has 1 saturated heterocycles. The van der Waals surface area contributed by atoms with E-state index >= 15 is 0 Å². The molecule has 15 heteroatoms. The van der Waals surface area contributed by atoms with Crippen molar-refractivity contribution in [3.8, 4) is 0 Å². The third-order valence-electron chi connectivity index (χ3n) is 11.6. The van der Waals surface area contributed by atoms with Crippen LogP contribution >= 0.6 is 0 Å². The molecule has 344 valence electrons. The lowest BCUT2D eigenvalue weighted by molar-refractivity contribution is 0.00548. The molecule has 1 heterocycles. The summed E-state index contributed by atoms with van der Waals surface area (Å²) in [4.78, 5) is 0. The van der Waals surface area contributed by atoms with E-state index in [0.29, 0.717) is 45.4 Å². The zero-order valence-corrected chi connectivity index (χ0v) is 40.5. The molecule has 6 N–H and O–H groups in total. The number of benzene rings is 6. The maximum atomic E-state index is 10.9. The molecular weight excluding hydrogens is 861 g/mol. The fourth-order valence-corrected chi connectivity index (χ4v) is 23.2. The molecule has 1 aliphatic rings. The molecule has 0 bridgehead atoms. The minimum absolute atomic E-state index is 0.0655. The normalized spacial score (nSPS) is 19.2. The number of nitrogens with one attached hydrogen (secondary N) is 2. The standard InChI is InChI=1S/C49H66N2O10Si3/c1-62(2,26-12-23-56-34-41(53)31-50-48-44-19-8-4-15-37(44)29-38-16-5-9-20-45(38)48)59-64(28-14-25-58-36-43(55)33-52)60-63(3,61-64)27-13-24-57-35-42(54)32-51-49-46-21-10-6-17-39(46)30-40-18-7-11-22-47(40)49/h4-11,15-22,29-30,41-43,50-55H,12-14,23-28,31-36H2,1-3H3. The van der Waals surface area contributed by atoms with Crippen LogP contribution in [0.3, 0.4) is 0 Å². The van der Waals surface area contributed by atoms with Gasteiger partial charge in [-0.1, -0.05) is 97.1 Å². The molecule has 0 saturated carbocycles. The van der Waals surface area contributed by atoms with Gasteiger partial charge in [0.15, 0.2) is 8.32 Å². The lowest BCUT2D eigenvalue weighted by Crippen LogP contribution is -2.72. The van der Waals surface area contributed by atoms with Crippen LogP contribution in [0.4, 0.5) is 11.4 Å². The van der Waals surface area contributed by atoms with Crippen LogP contribution in [0.25, 0.3) is 43.1 Å². The second-order valence-corrected chi connectivity index (χ2v) is 28.8. The van der Waals surface area contributed by atoms with E-state index in [-0.39, 0.29) is 26.4 Å². The maximum Gasteiger partial charge on any atom is 0.472 e. The van der Waals surface area contributed by atoms with Crippen molar-refractivity contribution in [3.05, 3.63) is 109 Å². The number of fused-ring (bicyclic) bond motifs is 4. The van der Waals surface area contributed by atoms with Crippen LogP contribution in [0.2, 0.25) is 37.8 Å². The van der Waals surface area contributed by atoms with Crippen LogP contribution in [-0.2, 0) is 26.6 Å². The Bertz CT molecular complexity index is 2310. The summed E-state index contributed by atoms with van der Waals surface area (Å²) in [5, 5.41) is 56.7. The van der Waals surface area contributed by atoms with Gasteiger partial charge in [0.05, 0.1) is 38.6 Å². The number of rotatable bonds is 27. The predicted molar refractivity (Wildman–Crippen MR) is 264 cm³/mol. The van der Waals surface area contributed by atoms with Gasteiger partial charge in [0.1, 0.15) is 6.10 Å². The van der Waals surface area contributed by atoms with E-state index in [1.165, 1.54) is 0 Å². The van der Waals surface area contributed by atoms with Gasteiger partial charge in [-0.15, -0.1) is 0 Å². The molecular formula is C49H66N2O10Si3. The molecule has 6 aromatic carbocycles. The minimum Gasteiger partial charge on any atom is -0.417 e. The fraction of sp³-hybridized carbons (Fsp3) is 0.429. The van der Waals surface area contributed by atoms with Gasteiger partial charge in [0, 0.05) is 71.9 Å². The highest BCUT2D eigenvalue weighted by atomic mass is 28.6. The fourth-order valence-electron chi connectivity index (χ4n) is 8.60. The van der Waals surface area contributed by atoms with Crippen LogP contribution in [0.5, 0.6) is 0 Å². The number of aliphatic hydroxyl groups is 4. The van der Waals surface area contributed by atoms with Crippen LogP contribution in [0.15, 0.2) is 109 Å². The molecule has 3 unspecified atom stereocenters. The van der Waals surface area contributed by atoms with E-state index in [4.69, 9.17) is 31.7 Å². The average Bonchev–Trinajstić information content (AvgIpc) is 3.28. The smallest absolute Gasteiger partial charge is 0.417 e. The number of hydrogen-bond acceptors (Lipinski definition) is 12. The highest BCUT2D eigenvalue weighted by molar-refractivity contribution is 6.95. The maximum absolute atomic E-state index is 10.9. The van der Waals surface area contributed by atoms with Crippen molar-refractivity contribution in [2.75, 3.05) is 70.0 Å². The first kappa shape index (κ1) is 48.2. The van der Waals surface area contributed by atoms with E-state index in [9.17, 15) is 15.3 Å². The van der Waals surface area contributed by atoms with Gasteiger partial charge in [-0.3, -0.25) is 0 Å². The summed E-state index contributed by atoms with van der Waals surface area (Å²) in [5.41, 5.74) is 2.03. The second kappa shape index (κ2) is 22.6. The van der Waals surface area contributed by atoms with Crippen LogP contribution in [-0.4, -0.2) is 124 Å². The van der Waals surface area contributed by atoms with Crippen molar-refractivity contribution in [2.45, 2.75) is 75.3 Å². The molecule has 0 aliphatic carbocycles. The van der Waals surface area contributed by atoms with Gasteiger partial charge in [0.2, 0.25) is 0 Å². The van der Waals surface area contributed by atoms with E-state index in [1.54, 1.807) is 0 Å². The summed E-state index contributed by atoms with van der Waals surface area (Å²) in [5.74, 6) is 0. The molecule has 0 radical (unpaired) electrons. The molecule has 64 heavy (non-hydrogen) atoms. The average molecular weight is 927 g/mol. The Kier molecular flexibility index (Phi) is 17.0. The van der Waals surface area contributed by atoms with E-state index in [2.05, 4.69) is 90.9 Å². The van der Waals surface area contributed by atoms with Gasteiger partial charge >= 0.3 is 17.4 Å². The second-order valence-electron chi connectivity index (χ2n) is 17.7. The summed E-state index contributed by atoms with van der Waals surface area (Å²) < 4.78 is 38.0. The molecule has 0 amide bonds. The number of hydrogen-bond donors (Lipinski definition) is 6. The van der Waals surface area contributed by atoms with Crippen molar-refractivity contribution in [1.82, 2.24) is 0 Å². The van der Waals surface area contributed by atoms with Gasteiger partial charge in [-0.05, 0) is 84.7 Å². The molecule has 12 nitrogen and oxygen atoms in total. The highest BCUT2D eigenvalue weighted by Gasteiger charge is 2.62. The SMILES string of the molecule is C[Si](C)(CCCOCC(O)CNc1c2ccccc2cc2ccccc12)O[Si]1(CCCOCC(O)CO)O[Si](C)(CCCOCC(O)CNc2c3ccccc3cc3ccccc23)O1. The monoisotopic (exact) mass is 926 g/mol. The van der Waals surface area contributed by atoms with Gasteiger partial charge < -0.3 is 57.6 Å². The van der Waals surface area contributed by atoms with E-state index in [0.717, 1.165) is 79.4 Å². The highest BCUT2D eigenvalue weighted by Crippen LogP contribution is 2.41. The lowest BCUT2D eigenvalue weighted by Gasteiger charge is -2.53. The Balaban J connectivity index is 0.835. The predicted octanol–water partition coefficient (Wildman–Crippen LogP) is 8.40. The number of ether oxygens (including phenoxy) is 3. The van der Waals surface area contributed by atoms with Crippen molar-refractivity contribution in [2.24, 2.45) is 0 Å². The Labute approximate surface area is 380 Å². The number of aliphatic hydroxyl groups excluding tert-OH is 4. The Morgan fingerprint density at radius 2 is 0.953 bits per heavy atom. The molecule has 1 aliphatic heterocycles. The largest absolute Gasteiger partial charge is 0.472 e. The Morgan fingerprint density at radius 3 is 1.39 bits per heavy atom. The summed E-state index contributed by atoms with van der Waals surface area (Å²) in [7, 11) is -7.75. The van der Waals surface area contributed by atoms with Gasteiger partial charge in [0.25, 0.3) is 0 Å². The lowest BCUT2D eigenvalue weighted by atomic mass is 10.0. The first-order valence-electron chi connectivity index (χ1n) is 22.7. The summed E-state index contributed by atoms with van der Waals surface area (Å²) in [6.45, 7) is 8.70. The summed E-state index contributed by atoms with van der Waals surface area (Å²) in [6.07, 6.45) is -0.101. The molecule has 0 aromatic heterocycles. The van der Waals surface area contributed by atoms with Crippen LogP contribution < -0.4 is 10.6 Å². The minimum atomic E-state index is -2.98. The molecule has 7 rings (SSSR count). The quantitative estimate of drug-likeness (QED) is 0.0167. The molecule has 0 spiro atoms. The Morgan fingerprint density at radius 1 is 0.562 bits per heavy atom. The van der Waals surface area contributed by atoms with Crippen LogP contribution in [0.1, 0.15) is 19.3 Å². The molecule has 1 fully saturated rings. The third kappa shape index (κ3) is 13.0. The topological polar surface area (TPSA) is 160 Å². The van der Waals surface area contributed by atoms with Crippen LogP contribution in [0, 0.1) is 0 Å². The Hall–Kier alpha value is -3.79. The zero-order chi connectivity index (χ0) is 45.0. The first-order chi connectivity index (χ1) is 31.0.